The zero-order chi connectivity index (χ0) is 18.5. The van der Waals surface area contributed by atoms with Crippen LogP contribution in [0.3, 0.4) is 0 Å². The van der Waals surface area contributed by atoms with E-state index in [1.54, 1.807) is 31.2 Å². The van der Waals surface area contributed by atoms with Crippen molar-refractivity contribution in [2.45, 2.75) is 26.4 Å². The summed E-state index contributed by atoms with van der Waals surface area (Å²) >= 11 is 5.85. The smallest absolute Gasteiger partial charge is 0.270 e. The minimum atomic E-state index is -0.708. The topological polar surface area (TPSA) is 77.2 Å². The fourth-order valence-corrected chi connectivity index (χ4v) is 2.38. The zero-order valence-corrected chi connectivity index (χ0v) is 15.2. The fourth-order valence-electron chi connectivity index (χ4n) is 2.26. The Morgan fingerprint density at radius 1 is 1.19 bits per heavy atom. The standard InChI is InChI=1S/C19H18ClN3O3/c1-3-13-4-10-16(11-5-13)25-12(2)17(24)21-19-22-18(26-23-19)14-6-8-15(20)9-7-14/h4-12H,3H2,1-2H3,(H,21,23,24)/t12-/m1/s1. The van der Waals surface area contributed by atoms with Gasteiger partial charge in [-0.1, -0.05) is 30.7 Å². The molecule has 0 aliphatic rings. The first-order valence-corrected chi connectivity index (χ1v) is 8.59. The molecule has 0 saturated heterocycles. The zero-order valence-electron chi connectivity index (χ0n) is 14.4. The predicted octanol–water partition coefficient (Wildman–Crippen LogP) is 4.36. The van der Waals surface area contributed by atoms with Gasteiger partial charge in [0.1, 0.15) is 5.75 Å². The molecule has 0 saturated carbocycles. The molecule has 0 unspecified atom stereocenters. The van der Waals surface area contributed by atoms with Crippen LogP contribution in [0.25, 0.3) is 11.5 Å². The van der Waals surface area contributed by atoms with Gasteiger partial charge in [-0.05, 0) is 60.5 Å². The number of rotatable bonds is 6. The van der Waals surface area contributed by atoms with E-state index in [2.05, 4.69) is 22.4 Å². The molecule has 1 aromatic heterocycles. The number of benzene rings is 2. The van der Waals surface area contributed by atoms with Gasteiger partial charge in [0, 0.05) is 10.6 Å². The second kappa shape index (κ2) is 8.01. The number of carbonyl (C=O) groups excluding carboxylic acids is 1. The Morgan fingerprint density at radius 3 is 2.54 bits per heavy atom. The summed E-state index contributed by atoms with van der Waals surface area (Å²) in [6.07, 6.45) is 0.240. The van der Waals surface area contributed by atoms with Gasteiger partial charge >= 0.3 is 0 Å². The van der Waals surface area contributed by atoms with Gasteiger partial charge in [0.25, 0.3) is 17.7 Å². The minimum Gasteiger partial charge on any atom is -0.481 e. The highest BCUT2D eigenvalue weighted by molar-refractivity contribution is 6.30. The second-order valence-electron chi connectivity index (χ2n) is 5.68. The highest BCUT2D eigenvalue weighted by Gasteiger charge is 2.18. The normalized spacial score (nSPS) is 11.8. The number of carbonyl (C=O) groups is 1. The van der Waals surface area contributed by atoms with E-state index in [-0.39, 0.29) is 11.9 Å². The summed E-state index contributed by atoms with van der Waals surface area (Å²) in [4.78, 5) is 16.4. The number of aromatic nitrogens is 2. The minimum absolute atomic E-state index is 0.0803. The molecule has 3 aromatic rings. The van der Waals surface area contributed by atoms with Gasteiger partial charge in [0.15, 0.2) is 6.10 Å². The molecule has 0 spiro atoms. The van der Waals surface area contributed by atoms with Crippen LogP contribution in [0.2, 0.25) is 5.02 Å². The van der Waals surface area contributed by atoms with Crippen molar-refractivity contribution >= 4 is 23.5 Å². The second-order valence-corrected chi connectivity index (χ2v) is 6.11. The number of aryl methyl sites for hydroxylation is 1. The van der Waals surface area contributed by atoms with Gasteiger partial charge < -0.3 is 9.26 Å². The van der Waals surface area contributed by atoms with Gasteiger partial charge in [-0.2, -0.15) is 4.98 Å². The lowest BCUT2D eigenvalue weighted by Crippen LogP contribution is -2.30. The molecule has 2 aromatic carbocycles. The monoisotopic (exact) mass is 371 g/mol. The molecule has 1 N–H and O–H groups in total. The number of ether oxygens (including phenoxy) is 1. The van der Waals surface area contributed by atoms with E-state index < -0.39 is 6.10 Å². The van der Waals surface area contributed by atoms with Crippen molar-refractivity contribution in [1.29, 1.82) is 0 Å². The molecular formula is C19H18ClN3O3. The lowest BCUT2D eigenvalue weighted by Gasteiger charge is -2.13. The molecule has 0 fully saturated rings. The predicted molar refractivity (Wildman–Crippen MR) is 99.3 cm³/mol. The van der Waals surface area contributed by atoms with Crippen LogP contribution in [0, 0.1) is 0 Å². The Labute approximate surface area is 156 Å². The summed E-state index contributed by atoms with van der Waals surface area (Å²) < 4.78 is 10.8. The maximum Gasteiger partial charge on any atom is 0.270 e. The maximum absolute atomic E-state index is 12.3. The van der Waals surface area contributed by atoms with Crippen LogP contribution >= 0.6 is 11.6 Å². The van der Waals surface area contributed by atoms with Gasteiger partial charge in [-0.15, -0.1) is 0 Å². The quantitative estimate of drug-likeness (QED) is 0.696. The first-order valence-electron chi connectivity index (χ1n) is 8.21. The maximum atomic E-state index is 12.3. The van der Waals surface area contributed by atoms with E-state index >= 15 is 0 Å². The third-order valence-electron chi connectivity index (χ3n) is 3.77. The molecule has 0 aliphatic carbocycles. The number of amides is 1. The van der Waals surface area contributed by atoms with Crippen LogP contribution in [0.15, 0.2) is 53.1 Å². The van der Waals surface area contributed by atoms with Crippen molar-refractivity contribution in [3.63, 3.8) is 0 Å². The molecule has 1 heterocycles. The lowest BCUT2D eigenvalue weighted by atomic mass is 10.2. The number of nitrogens with one attached hydrogen (secondary N) is 1. The first kappa shape index (κ1) is 17.9. The van der Waals surface area contributed by atoms with Crippen LogP contribution in [0.1, 0.15) is 19.4 Å². The van der Waals surface area contributed by atoms with Crippen LogP contribution in [0.5, 0.6) is 5.75 Å². The number of hydrogen-bond donors (Lipinski definition) is 1. The van der Waals surface area contributed by atoms with Crippen LogP contribution in [-0.4, -0.2) is 22.2 Å². The molecule has 0 aliphatic heterocycles. The van der Waals surface area contributed by atoms with Crippen LogP contribution < -0.4 is 10.1 Å². The summed E-state index contributed by atoms with van der Waals surface area (Å²) in [5.41, 5.74) is 1.92. The summed E-state index contributed by atoms with van der Waals surface area (Å²) in [6.45, 7) is 3.73. The van der Waals surface area contributed by atoms with Crippen molar-refractivity contribution in [3.8, 4) is 17.2 Å². The Kier molecular flexibility index (Phi) is 5.53. The molecule has 0 radical (unpaired) electrons. The van der Waals surface area contributed by atoms with Gasteiger partial charge in [0.05, 0.1) is 0 Å². The Hall–Kier alpha value is -2.86. The number of anilines is 1. The molecule has 26 heavy (non-hydrogen) atoms. The Balaban J connectivity index is 1.61. The largest absolute Gasteiger partial charge is 0.481 e. The highest BCUT2D eigenvalue weighted by Crippen LogP contribution is 2.21. The SMILES string of the molecule is CCc1ccc(O[C@H](C)C(=O)Nc2noc(-c3ccc(Cl)cc3)n2)cc1. The Bertz CT molecular complexity index is 876. The summed E-state index contributed by atoms with van der Waals surface area (Å²) in [6, 6.07) is 14.6. The third-order valence-corrected chi connectivity index (χ3v) is 4.02. The van der Waals surface area contributed by atoms with Gasteiger partial charge in [-0.25, -0.2) is 0 Å². The van der Waals surface area contributed by atoms with E-state index in [9.17, 15) is 4.79 Å². The molecule has 134 valence electrons. The van der Waals surface area contributed by atoms with Crippen molar-refractivity contribution in [1.82, 2.24) is 10.1 Å². The molecule has 0 bridgehead atoms. The first-order chi connectivity index (χ1) is 12.5. The number of nitrogens with zero attached hydrogens (tertiary/aromatic N) is 2. The molecule has 3 rings (SSSR count). The highest BCUT2D eigenvalue weighted by atomic mass is 35.5. The van der Waals surface area contributed by atoms with Crippen molar-refractivity contribution in [3.05, 3.63) is 59.1 Å². The van der Waals surface area contributed by atoms with Crippen molar-refractivity contribution in [2.24, 2.45) is 0 Å². The molecule has 1 atom stereocenters. The van der Waals surface area contributed by atoms with Gasteiger partial charge in [-0.3, -0.25) is 10.1 Å². The van der Waals surface area contributed by atoms with E-state index in [0.29, 0.717) is 22.2 Å². The summed E-state index contributed by atoms with van der Waals surface area (Å²) in [7, 11) is 0. The van der Waals surface area contributed by atoms with Crippen molar-refractivity contribution < 1.29 is 14.1 Å². The third kappa shape index (κ3) is 4.40. The summed E-state index contributed by atoms with van der Waals surface area (Å²) in [5.74, 6) is 0.630. The lowest BCUT2D eigenvalue weighted by molar-refractivity contribution is -0.122. The molecule has 1 amide bonds. The van der Waals surface area contributed by atoms with Crippen molar-refractivity contribution in [2.75, 3.05) is 5.32 Å². The summed E-state index contributed by atoms with van der Waals surface area (Å²) in [5, 5.41) is 6.95. The van der Waals surface area contributed by atoms with Crippen LogP contribution in [-0.2, 0) is 11.2 Å². The van der Waals surface area contributed by atoms with E-state index in [4.69, 9.17) is 20.9 Å². The molecule has 6 nitrogen and oxygen atoms in total. The Morgan fingerprint density at radius 2 is 1.88 bits per heavy atom. The average molecular weight is 372 g/mol. The van der Waals surface area contributed by atoms with E-state index in [1.807, 2.05) is 24.3 Å². The fraction of sp³-hybridized carbons (Fsp3) is 0.211. The molecular weight excluding hydrogens is 354 g/mol. The van der Waals surface area contributed by atoms with Gasteiger partial charge in [0.2, 0.25) is 0 Å². The average Bonchev–Trinajstić information content (AvgIpc) is 3.11. The van der Waals surface area contributed by atoms with Crippen LogP contribution in [0.4, 0.5) is 5.95 Å². The number of hydrogen-bond acceptors (Lipinski definition) is 5. The van der Waals surface area contributed by atoms with E-state index in [0.717, 1.165) is 6.42 Å². The number of halogens is 1. The van der Waals surface area contributed by atoms with E-state index in [1.165, 1.54) is 5.56 Å². The molecule has 7 heteroatoms.